The Morgan fingerprint density at radius 3 is 2.54 bits per heavy atom. The maximum absolute atomic E-state index is 2.29. The van der Waals surface area contributed by atoms with Crippen molar-refractivity contribution in [1.29, 1.82) is 0 Å². The lowest BCUT2D eigenvalue weighted by atomic mass is 10.2. The molecule has 0 saturated carbocycles. The second-order valence-electron chi connectivity index (χ2n) is 6.16. The Hall–Kier alpha value is -2.35. The van der Waals surface area contributed by atoms with Gasteiger partial charge in [0.1, 0.15) is 6.54 Å². The second-order valence-corrected chi connectivity index (χ2v) is 6.16. The van der Waals surface area contributed by atoms with Crippen molar-refractivity contribution in [3.8, 4) is 0 Å². The molecule has 126 valence electrons. The minimum Gasteiger partial charge on any atom is -0.369 e. The molecule has 0 amide bonds. The lowest BCUT2D eigenvalue weighted by Gasteiger charge is -2.20. The summed E-state index contributed by atoms with van der Waals surface area (Å²) in [4.78, 5) is 2.29. The second kappa shape index (κ2) is 10.4. The normalized spacial score (nSPS) is 12.7. The van der Waals surface area contributed by atoms with Crippen molar-refractivity contribution in [2.75, 3.05) is 6.54 Å². The number of hydrogen-bond acceptors (Lipinski definition) is 1. The summed E-state index contributed by atoms with van der Waals surface area (Å²) in [5.41, 5.74) is 2.70. The van der Waals surface area contributed by atoms with Gasteiger partial charge in [0.25, 0.3) is 0 Å². The van der Waals surface area contributed by atoms with Crippen LogP contribution >= 0.6 is 0 Å². The van der Waals surface area contributed by atoms with E-state index in [1.54, 1.807) is 0 Å². The molecule has 1 aromatic carbocycles. The molecule has 3 rings (SSSR count). The molecule has 0 saturated heterocycles. The zero-order valence-corrected chi connectivity index (χ0v) is 14.9. The van der Waals surface area contributed by atoms with E-state index in [-0.39, 0.29) is 0 Å². The Morgan fingerprint density at radius 2 is 1.88 bits per heavy atom. The minimum atomic E-state index is 1.00. The molecular weight excluding hydrogens is 292 g/mol. The van der Waals surface area contributed by atoms with Gasteiger partial charge in [0.15, 0.2) is 12.4 Å². The largest absolute Gasteiger partial charge is 0.369 e. The van der Waals surface area contributed by atoms with Crippen LogP contribution < -0.4 is 4.57 Å². The van der Waals surface area contributed by atoms with Crippen LogP contribution in [-0.4, -0.2) is 11.4 Å². The van der Waals surface area contributed by atoms with E-state index in [2.05, 4.69) is 103 Å². The van der Waals surface area contributed by atoms with Crippen LogP contribution in [-0.2, 0) is 13.1 Å². The number of benzene rings is 1. The Bertz CT molecular complexity index is 644. The summed E-state index contributed by atoms with van der Waals surface area (Å²) in [6.45, 7) is 7.52. The van der Waals surface area contributed by atoms with Gasteiger partial charge in [-0.1, -0.05) is 55.8 Å². The first-order chi connectivity index (χ1) is 11.8. The predicted octanol–water partition coefficient (Wildman–Crippen LogP) is 4.65. The Balaban J connectivity index is 0.000000177. The van der Waals surface area contributed by atoms with Gasteiger partial charge in [0.2, 0.25) is 0 Å². The number of aromatic nitrogens is 1. The third-order valence-electron chi connectivity index (χ3n) is 3.89. The smallest absolute Gasteiger partial charge is 0.171 e. The fourth-order valence-electron chi connectivity index (χ4n) is 2.58. The van der Waals surface area contributed by atoms with Gasteiger partial charge in [-0.3, -0.25) is 0 Å². The van der Waals surface area contributed by atoms with Gasteiger partial charge in [-0.25, -0.2) is 4.57 Å². The van der Waals surface area contributed by atoms with Gasteiger partial charge in [-0.15, -0.1) is 0 Å². The highest BCUT2D eigenvalue weighted by atomic mass is 15.1. The molecule has 1 aromatic heterocycles. The van der Waals surface area contributed by atoms with Gasteiger partial charge in [0, 0.05) is 31.1 Å². The summed E-state index contributed by atoms with van der Waals surface area (Å²) in [5, 5.41) is 0. The van der Waals surface area contributed by atoms with Crippen molar-refractivity contribution >= 4 is 0 Å². The maximum Gasteiger partial charge on any atom is 0.171 e. The highest BCUT2D eigenvalue weighted by molar-refractivity contribution is 5.16. The van der Waals surface area contributed by atoms with E-state index in [0.717, 1.165) is 19.6 Å². The molecule has 2 nitrogen and oxygen atoms in total. The summed E-state index contributed by atoms with van der Waals surface area (Å²) < 4.78 is 2.25. The Kier molecular flexibility index (Phi) is 7.82. The molecule has 0 fully saturated rings. The number of hydrogen-bond donors (Lipinski definition) is 0. The van der Waals surface area contributed by atoms with Crippen molar-refractivity contribution in [3.63, 3.8) is 0 Å². The molecule has 0 atom stereocenters. The fraction of sp³-hybridized carbons (Fsp3) is 0.318. The molecule has 1 aliphatic rings. The fourth-order valence-corrected chi connectivity index (χ4v) is 2.58. The number of rotatable bonds is 5. The van der Waals surface area contributed by atoms with E-state index in [0.29, 0.717) is 0 Å². The van der Waals surface area contributed by atoms with Gasteiger partial charge < -0.3 is 4.90 Å². The average molecular weight is 321 g/mol. The van der Waals surface area contributed by atoms with E-state index in [1.807, 2.05) is 0 Å². The SMILES string of the molecule is C1=CCN(Cc2ccccc2)C=C1.CCCC[n+]1cccc(C)c1. The molecule has 0 bridgehead atoms. The van der Waals surface area contributed by atoms with Crippen molar-refractivity contribution < 1.29 is 4.57 Å². The summed E-state index contributed by atoms with van der Waals surface area (Å²) in [6, 6.07) is 14.8. The van der Waals surface area contributed by atoms with Crippen LogP contribution in [0.1, 0.15) is 30.9 Å². The third-order valence-corrected chi connectivity index (χ3v) is 3.89. The molecule has 2 heteroatoms. The van der Waals surface area contributed by atoms with E-state index >= 15 is 0 Å². The summed E-state index contributed by atoms with van der Waals surface area (Å²) in [7, 11) is 0. The van der Waals surface area contributed by atoms with Gasteiger partial charge in [0.05, 0.1) is 0 Å². The van der Waals surface area contributed by atoms with E-state index in [9.17, 15) is 0 Å². The van der Waals surface area contributed by atoms with Crippen molar-refractivity contribution in [2.24, 2.45) is 0 Å². The Morgan fingerprint density at radius 1 is 1.04 bits per heavy atom. The first kappa shape index (κ1) is 18.0. The van der Waals surface area contributed by atoms with Crippen LogP contribution in [0.15, 0.2) is 79.3 Å². The molecule has 24 heavy (non-hydrogen) atoms. The summed E-state index contributed by atoms with van der Waals surface area (Å²) in [5.74, 6) is 0. The molecule has 2 aromatic rings. The van der Waals surface area contributed by atoms with Crippen LogP contribution in [0.2, 0.25) is 0 Å². The predicted molar refractivity (Wildman–Crippen MR) is 101 cm³/mol. The number of aryl methyl sites for hydroxylation is 2. The minimum absolute atomic E-state index is 1.00. The average Bonchev–Trinajstić information content (AvgIpc) is 2.62. The zero-order chi connectivity index (χ0) is 17.0. The van der Waals surface area contributed by atoms with E-state index < -0.39 is 0 Å². The molecule has 0 N–H and O–H groups in total. The molecule has 0 radical (unpaired) electrons. The lowest BCUT2D eigenvalue weighted by molar-refractivity contribution is -0.697. The highest BCUT2D eigenvalue weighted by Crippen LogP contribution is 2.06. The number of nitrogens with zero attached hydrogens (tertiary/aromatic N) is 2. The van der Waals surface area contributed by atoms with Crippen molar-refractivity contribution in [3.05, 3.63) is 90.4 Å². The highest BCUT2D eigenvalue weighted by Gasteiger charge is 1.99. The van der Waals surface area contributed by atoms with Crippen LogP contribution in [0.3, 0.4) is 0 Å². The van der Waals surface area contributed by atoms with Crippen LogP contribution in [0.25, 0.3) is 0 Å². The monoisotopic (exact) mass is 321 g/mol. The van der Waals surface area contributed by atoms with Gasteiger partial charge in [-0.05, 0) is 30.8 Å². The standard InChI is InChI=1S/C12H13N.C10H16N/c1-3-7-12(8-4-1)11-13-9-5-2-6-10-13;1-3-4-7-11-8-5-6-10(2)9-11/h1-9H,10-11H2;5-6,8-9H,3-4,7H2,1-2H3/q;+1. The first-order valence-corrected chi connectivity index (χ1v) is 8.85. The van der Waals surface area contributed by atoms with E-state index in [4.69, 9.17) is 0 Å². The number of unbranched alkanes of at least 4 members (excludes halogenated alkanes) is 1. The van der Waals surface area contributed by atoms with E-state index in [1.165, 1.54) is 24.0 Å². The van der Waals surface area contributed by atoms with Crippen molar-refractivity contribution in [1.82, 2.24) is 4.90 Å². The van der Waals surface area contributed by atoms with Crippen LogP contribution in [0.4, 0.5) is 0 Å². The molecule has 1 aliphatic heterocycles. The number of pyridine rings is 1. The van der Waals surface area contributed by atoms with Gasteiger partial charge in [-0.2, -0.15) is 0 Å². The summed E-state index contributed by atoms with van der Waals surface area (Å²) in [6.07, 6.45) is 15.3. The number of allylic oxidation sites excluding steroid dienone is 2. The molecule has 0 spiro atoms. The summed E-state index contributed by atoms with van der Waals surface area (Å²) >= 11 is 0. The van der Waals surface area contributed by atoms with Crippen LogP contribution in [0.5, 0.6) is 0 Å². The van der Waals surface area contributed by atoms with Crippen LogP contribution in [0, 0.1) is 6.92 Å². The van der Waals surface area contributed by atoms with Gasteiger partial charge >= 0.3 is 0 Å². The zero-order valence-electron chi connectivity index (χ0n) is 14.9. The topological polar surface area (TPSA) is 7.12 Å². The quantitative estimate of drug-likeness (QED) is 0.727. The molecular formula is C22H29N2+. The maximum atomic E-state index is 2.29. The molecule has 0 aliphatic carbocycles. The lowest BCUT2D eigenvalue weighted by Crippen LogP contribution is -2.32. The first-order valence-electron chi connectivity index (χ1n) is 8.85. The Labute approximate surface area is 146 Å². The molecule has 0 unspecified atom stereocenters. The third kappa shape index (κ3) is 6.82. The van der Waals surface area contributed by atoms with Crippen molar-refractivity contribution in [2.45, 2.75) is 39.8 Å². The molecule has 2 heterocycles.